The number of benzene rings is 1. The van der Waals surface area contributed by atoms with Gasteiger partial charge in [-0.05, 0) is 24.3 Å². The third-order valence-electron chi connectivity index (χ3n) is 4.77. The molecule has 0 spiro atoms. The Kier molecular flexibility index (Phi) is 5.27. The lowest BCUT2D eigenvalue weighted by Gasteiger charge is -2.36. The van der Waals surface area contributed by atoms with Gasteiger partial charge in [-0.15, -0.1) is 10.2 Å². The third-order valence-corrected chi connectivity index (χ3v) is 4.77. The van der Waals surface area contributed by atoms with Crippen LogP contribution in [0.25, 0.3) is 11.5 Å². The van der Waals surface area contributed by atoms with E-state index in [2.05, 4.69) is 15.2 Å². The Hall–Kier alpha value is -3.29. The molecule has 0 bridgehead atoms. The van der Waals surface area contributed by atoms with E-state index in [4.69, 9.17) is 4.42 Å². The zero-order valence-electron chi connectivity index (χ0n) is 15.3. The van der Waals surface area contributed by atoms with E-state index >= 15 is 0 Å². The number of aromatic nitrogens is 3. The highest BCUT2D eigenvalue weighted by atomic mass is 19.1. The number of para-hydroxylation sites is 1. The van der Waals surface area contributed by atoms with E-state index in [1.807, 2.05) is 11.0 Å². The van der Waals surface area contributed by atoms with E-state index in [1.165, 1.54) is 6.07 Å². The van der Waals surface area contributed by atoms with Crippen molar-refractivity contribution in [2.75, 3.05) is 31.1 Å². The normalized spacial score (nSPS) is 14.3. The van der Waals surface area contributed by atoms with Gasteiger partial charge in [0.25, 0.3) is 0 Å². The first kappa shape index (κ1) is 18.1. The Morgan fingerprint density at radius 3 is 2.54 bits per heavy atom. The minimum Gasteiger partial charge on any atom is -0.421 e. The van der Waals surface area contributed by atoms with Crippen molar-refractivity contribution in [3.8, 4) is 11.5 Å². The molecule has 0 saturated carbocycles. The molecule has 1 aromatic carbocycles. The van der Waals surface area contributed by atoms with Gasteiger partial charge in [0.05, 0.1) is 5.69 Å². The van der Waals surface area contributed by atoms with Gasteiger partial charge in [-0.25, -0.2) is 4.39 Å². The van der Waals surface area contributed by atoms with Crippen LogP contribution in [0.3, 0.4) is 0 Å². The maximum atomic E-state index is 13.9. The molecule has 0 N–H and O–H groups in total. The fourth-order valence-electron chi connectivity index (χ4n) is 3.24. The lowest BCUT2D eigenvalue weighted by Crippen LogP contribution is -2.49. The van der Waals surface area contributed by atoms with Crippen LogP contribution in [0, 0.1) is 5.82 Å². The topological polar surface area (TPSA) is 75.4 Å². The molecule has 1 saturated heterocycles. The molecule has 1 aliphatic heterocycles. The number of amides is 1. The molecule has 0 atom stereocenters. The highest BCUT2D eigenvalue weighted by molar-refractivity contribution is 5.76. The molecule has 1 amide bonds. The average molecular weight is 381 g/mol. The second kappa shape index (κ2) is 8.16. The summed E-state index contributed by atoms with van der Waals surface area (Å²) in [6.45, 7) is 2.36. The van der Waals surface area contributed by atoms with Gasteiger partial charge < -0.3 is 14.2 Å². The summed E-state index contributed by atoms with van der Waals surface area (Å²) in [6, 6.07) is 10.3. The lowest BCUT2D eigenvalue weighted by atomic mass is 10.2. The Balaban J connectivity index is 1.28. The van der Waals surface area contributed by atoms with Crippen LogP contribution in [0.1, 0.15) is 12.3 Å². The quantitative estimate of drug-likeness (QED) is 0.676. The number of nitrogens with zero attached hydrogens (tertiary/aromatic N) is 5. The summed E-state index contributed by atoms with van der Waals surface area (Å²) in [4.78, 5) is 20.2. The Bertz CT molecular complexity index is 939. The molecular formula is C20H20FN5O2. The van der Waals surface area contributed by atoms with Crippen LogP contribution in [0.4, 0.5) is 10.1 Å². The van der Waals surface area contributed by atoms with Gasteiger partial charge in [0.1, 0.15) is 5.82 Å². The van der Waals surface area contributed by atoms with Crippen molar-refractivity contribution in [3.05, 3.63) is 60.5 Å². The van der Waals surface area contributed by atoms with E-state index in [0.717, 1.165) is 5.56 Å². The van der Waals surface area contributed by atoms with Crippen LogP contribution >= 0.6 is 0 Å². The van der Waals surface area contributed by atoms with E-state index in [-0.39, 0.29) is 11.7 Å². The lowest BCUT2D eigenvalue weighted by molar-refractivity contribution is -0.131. The van der Waals surface area contributed by atoms with Gasteiger partial charge >= 0.3 is 0 Å². The monoisotopic (exact) mass is 381 g/mol. The summed E-state index contributed by atoms with van der Waals surface area (Å²) in [5.41, 5.74) is 1.38. The largest absolute Gasteiger partial charge is 0.421 e. The number of rotatable bonds is 5. The minimum atomic E-state index is -0.233. The third kappa shape index (κ3) is 4.00. The Morgan fingerprint density at radius 2 is 1.79 bits per heavy atom. The van der Waals surface area contributed by atoms with Crippen LogP contribution in [0.15, 0.2) is 53.2 Å². The SMILES string of the molecule is O=C(CCc1nnc(-c2ccncc2)o1)N1CCN(c2ccccc2F)CC1. The zero-order valence-corrected chi connectivity index (χ0v) is 15.3. The van der Waals surface area contributed by atoms with Crippen molar-refractivity contribution >= 4 is 11.6 Å². The molecule has 1 aliphatic rings. The Morgan fingerprint density at radius 1 is 1.04 bits per heavy atom. The molecule has 2 aromatic heterocycles. The van der Waals surface area contributed by atoms with Gasteiger partial charge in [-0.2, -0.15) is 0 Å². The van der Waals surface area contributed by atoms with Crippen LogP contribution in [0.2, 0.25) is 0 Å². The number of hydrogen-bond donors (Lipinski definition) is 0. The minimum absolute atomic E-state index is 0.0387. The van der Waals surface area contributed by atoms with E-state index in [1.54, 1.807) is 41.6 Å². The second-order valence-corrected chi connectivity index (χ2v) is 6.56. The van der Waals surface area contributed by atoms with E-state index < -0.39 is 0 Å². The number of carbonyl (C=O) groups excluding carboxylic acids is 1. The van der Waals surface area contributed by atoms with Gasteiger partial charge in [0, 0.05) is 57.0 Å². The van der Waals surface area contributed by atoms with Crippen molar-refractivity contribution in [3.63, 3.8) is 0 Å². The summed E-state index contributed by atoms with van der Waals surface area (Å²) in [5, 5.41) is 8.03. The Labute approximate surface area is 161 Å². The summed E-state index contributed by atoms with van der Waals surface area (Å²) >= 11 is 0. The van der Waals surface area contributed by atoms with Crippen LogP contribution in [-0.4, -0.2) is 52.2 Å². The van der Waals surface area contributed by atoms with Crippen LogP contribution in [-0.2, 0) is 11.2 Å². The molecule has 7 nitrogen and oxygen atoms in total. The van der Waals surface area contributed by atoms with E-state index in [9.17, 15) is 9.18 Å². The predicted molar refractivity (Wildman–Crippen MR) is 101 cm³/mol. The first-order valence-electron chi connectivity index (χ1n) is 9.21. The highest BCUT2D eigenvalue weighted by Crippen LogP contribution is 2.21. The molecule has 28 heavy (non-hydrogen) atoms. The number of aryl methyl sites for hydroxylation is 1. The molecule has 0 aliphatic carbocycles. The van der Waals surface area contributed by atoms with Crippen molar-refractivity contribution in [2.45, 2.75) is 12.8 Å². The number of halogens is 1. The van der Waals surface area contributed by atoms with Gasteiger partial charge in [0.2, 0.25) is 17.7 Å². The molecule has 3 aromatic rings. The van der Waals surface area contributed by atoms with Crippen molar-refractivity contribution in [1.82, 2.24) is 20.1 Å². The van der Waals surface area contributed by atoms with Crippen molar-refractivity contribution in [1.29, 1.82) is 0 Å². The first-order chi connectivity index (χ1) is 13.7. The average Bonchev–Trinajstić information content (AvgIpc) is 3.22. The molecule has 0 unspecified atom stereocenters. The molecule has 144 valence electrons. The van der Waals surface area contributed by atoms with Gasteiger partial charge in [-0.1, -0.05) is 12.1 Å². The van der Waals surface area contributed by atoms with Crippen LogP contribution < -0.4 is 4.90 Å². The standard InChI is InChI=1S/C20H20FN5O2/c21-16-3-1-2-4-17(16)25-11-13-26(14-12-25)19(27)6-5-18-23-24-20(28-18)15-7-9-22-10-8-15/h1-4,7-10H,5-6,11-14H2. The molecule has 1 fully saturated rings. The summed E-state index contributed by atoms with van der Waals surface area (Å²) < 4.78 is 19.5. The molecular weight excluding hydrogens is 361 g/mol. The second-order valence-electron chi connectivity index (χ2n) is 6.56. The van der Waals surface area contributed by atoms with Crippen molar-refractivity contribution in [2.24, 2.45) is 0 Å². The van der Waals surface area contributed by atoms with Crippen molar-refractivity contribution < 1.29 is 13.6 Å². The maximum absolute atomic E-state index is 13.9. The van der Waals surface area contributed by atoms with Gasteiger partial charge in [-0.3, -0.25) is 9.78 Å². The zero-order chi connectivity index (χ0) is 19.3. The summed E-state index contributed by atoms with van der Waals surface area (Å²) in [5.74, 6) is 0.661. The first-order valence-corrected chi connectivity index (χ1v) is 9.21. The molecule has 8 heteroatoms. The predicted octanol–water partition coefficient (Wildman–Crippen LogP) is 2.55. The smallest absolute Gasteiger partial charge is 0.247 e. The fourth-order valence-corrected chi connectivity index (χ4v) is 3.24. The number of pyridine rings is 1. The summed E-state index contributed by atoms with van der Waals surface area (Å²) in [6.07, 6.45) is 4.01. The number of carbonyl (C=O) groups is 1. The maximum Gasteiger partial charge on any atom is 0.247 e. The molecule has 0 radical (unpaired) electrons. The number of anilines is 1. The van der Waals surface area contributed by atoms with Crippen LogP contribution in [0.5, 0.6) is 0 Å². The number of piperazine rings is 1. The van der Waals surface area contributed by atoms with Gasteiger partial charge in [0.15, 0.2) is 0 Å². The molecule has 3 heterocycles. The summed E-state index contributed by atoms with van der Waals surface area (Å²) in [7, 11) is 0. The molecule has 4 rings (SSSR count). The van der Waals surface area contributed by atoms with E-state index in [0.29, 0.717) is 56.5 Å². The number of hydrogen-bond acceptors (Lipinski definition) is 6. The fraction of sp³-hybridized carbons (Fsp3) is 0.300. The highest BCUT2D eigenvalue weighted by Gasteiger charge is 2.23.